The Morgan fingerprint density at radius 3 is 1.80 bits per heavy atom. The summed E-state index contributed by atoms with van der Waals surface area (Å²) < 4.78 is 170. The molecule has 22 nitrogen and oxygen atoms in total. The van der Waals surface area contributed by atoms with Gasteiger partial charge in [0.1, 0.15) is 18.9 Å². The molecule has 0 radical (unpaired) electrons. The molecule has 0 saturated heterocycles. The Morgan fingerprint density at radius 1 is 0.592 bits per heavy atom. The van der Waals surface area contributed by atoms with E-state index in [1.807, 2.05) is 97.9 Å². The van der Waals surface area contributed by atoms with Crippen molar-refractivity contribution in [1.82, 2.24) is 5.32 Å². The Labute approximate surface area is 608 Å². The second-order valence-electron chi connectivity index (χ2n) is 28.7. The van der Waals surface area contributed by atoms with E-state index in [1.54, 1.807) is 13.0 Å². The van der Waals surface area contributed by atoms with Gasteiger partial charge in [0.2, 0.25) is 17.3 Å². The number of amides is 1. The van der Waals surface area contributed by atoms with Crippen molar-refractivity contribution < 1.29 is 83.2 Å². The molecule has 0 bridgehead atoms. The zero-order valence-electron chi connectivity index (χ0n) is 60.2. The van der Waals surface area contributed by atoms with E-state index < -0.39 is 84.6 Å². The monoisotopic (exact) mass is 1510 g/mol. The van der Waals surface area contributed by atoms with Crippen LogP contribution in [-0.2, 0) is 88.9 Å². The van der Waals surface area contributed by atoms with E-state index in [4.69, 9.17) is 12.6 Å². The summed E-state index contributed by atoms with van der Waals surface area (Å²) in [5, 5.41) is 5.04. The maximum Gasteiger partial charge on any atom is 0.425 e. The lowest BCUT2D eigenvalue weighted by atomic mass is 9.77. The van der Waals surface area contributed by atoms with Crippen LogP contribution in [0.1, 0.15) is 178 Å². The number of unbranched alkanes of at least 4 members (excludes halogenated alkanes) is 4. The molecule has 4 aliphatic rings. The standard InChI is InChI=1S/C76H95N5O14S4.O3S/c1-11-25-58-53(2)34-39-64-71(58)74(6,7)67(80(64)43-19-13-14-26-54(3)82)30-20-31-68-75(8,9)72-59-38-35-55(50-56(59)36-40-65(72)81(68)46-24-49-98(90,91)92)52-77-70(83)33-15-12-18-42-76(10)61-51-57(99(93,94)95)37-41-63(61)79(45-23-48-97(87,88)89)69(76)32-21-29-66-73(4,5)60-27-16-17-28-62(60)78(66)44-22-47-96(84,85)86;1-4(2)3/h11,16-17,20-21,25,27-32,34-41,50-51H,12-15,18-19,22-24,26,33,42-49,52H2,1-10H3,(H3-2,77,83,84,85,86,87,88,89,90,91,92,93,94,95);/b25-11-;. The number of nitrogens with one attached hydrogen (secondary N) is 1. The maximum absolute atomic E-state index is 13.7. The fraction of sp³-hybridized carbons (Fsp3) is 0.447. The predicted octanol–water partition coefficient (Wildman–Crippen LogP) is 12.2. The molecule has 0 saturated carbocycles. The van der Waals surface area contributed by atoms with Gasteiger partial charge in [0.25, 0.3) is 20.2 Å². The highest BCUT2D eigenvalue weighted by Gasteiger charge is 2.48. The van der Waals surface area contributed by atoms with E-state index in [9.17, 15) is 61.5 Å². The highest BCUT2D eigenvalue weighted by Crippen LogP contribution is 2.53. The molecule has 103 heavy (non-hydrogen) atoms. The zero-order valence-corrected chi connectivity index (χ0v) is 64.3. The summed E-state index contributed by atoms with van der Waals surface area (Å²) >= 11 is 0. The molecule has 0 fully saturated rings. The SMILES string of the molecule is C/C=C\c1c(C)ccc2c1C(C)(C)/C(=C\C=C\C1=[N+](CCCS(=O)(=O)[O-])c3ccc4cc(CNC(=O)CCCCCC5(C)/C(=C\C=C\C6=[N+](CCCS(=O)(=O)[O-])c7ccccc7C6(C)C)N(CCCS(=O)(=O)O)c6ccc(S(=O)(=O)O)cc65)ccc4c3C1(C)C)N2CCCCCC(C)=O.O=S(=O)=O. The number of hydrogen-bond donors (Lipinski definition) is 3. The molecule has 1 unspecified atom stereocenters. The number of nitrogens with zero attached hydrogens (tertiary/aromatic N) is 4. The molecule has 9 rings (SSSR count). The van der Waals surface area contributed by atoms with E-state index in [-0.39, 0.29) is 67.3 Å². The number of fused-ring (bicyclic) bond motifs is 6. The van der Waals surface area contributed by atoms with Crippen molar-refractivity contribution in [2.75, 3.05) is 53.2 Å². The number of aryl methyl sites for hydroxylation is 1. The second kappa shape index (κ2) is 32.8. The summed E-state index contributed by atoms with van der Waals surface area (Å²) in [7, 11) is -21.1. The van der Waals surface area contributed by atoms with E-state index in [0.717, 1.165) is 87.5 Å². The molecule has 4 aliphatic heterocycles. The van der Waals surface area contributed by atoms with Gasteiger partial charge in [-0.15, -0.1) is 12.6 Å². The number of carbonyl (C=O) groups excluding carboxylic acids is 2. The quantitative estimate of drug-likeness (QED) is 0.0204. The topological polar surface area (TPSA) is 333 Å². The van der Waals surface area contributed by atoms with Crippen LogP contribution in [0.25, 0.3) is 16.8 Å². The summed E-state index contributed by atoms with van der Waals surface area (Å²) in [6.07, 6.45) is 22.1. The van der Waals surface area contributed by atoms with Gasteiger partial charge in [0.05, 0.1) is 41.7 Å². The highest BCUT2D eigenvalue weighted by atomic mass is 32.2. The van der Waals surface area contributed by atoms with Crippen LogP contribution in [0, 0.1) is 6.92 Å². The first kappa shape index (κ1) is 81.1. The number of hydrogen-bond acceptors (Lipinski definition) is 17. The first-order valence-corrected chi connectivity index (χ1v) is 41.8. The number of para-hydroxylation sites is 1. The van der Waals surface area contributed by atoms with Gasteiger partial charge < -0.3 is 29.0 Å². The van der Waals surface area contributed by atoms with Crippen LogP contribution in [0.3, 0.4) is 0 Å². The third-order valence-electron chi connectivity index (χ3n) is 20.2. The maximum atomic E-state index is 13.7. The lowest BCUT2D eigenvalue weighted by molar-refractivity contribution is -0.437. The first-order valence-electron chi connectivity index (χ1n) is 34.6. The lowest BCUT2D eigenvalue weighted by Crippen LogP contribution is -2.30. The third-order valence-corrected chi connectivity index (χ3v) is 23.4. The Kier molecular flexibility index (Phi) is 25.8. The van der Waals surface area contributed by atoms with Gasteiger partial charge >= 0.3 is 10.6 Å². The molecule has 27 heteroatoms. The summed E-state index contributed by atoms with van der Waals surface area (Å²) in [4.78, 5) is 29.5. The largest absolute Gasteiger partial charge is 0.748 e. The van der Waals surface area contributed by atoms with Crippen molar-refractivity contribution in [2.45, 2.75) is 179 Å². The smallest absolute Gasteiger partial charge is 0.425 e. The lowest BCUT2D eigenvalue weighted by Gasteiger charge is -2.30. The van der Waals surface area contributed by atoms with Crippen LogP contribution >= 0.6 is 0 Å². The molecule has 556 valence electrons. The number of allylic oxidation sites excluding steroid dienone is 9. The van der Waals surface area contributed by atoms with Gasteiger partial charge in [-0.3, -0.25) is 13.9 Å². The third kappa shape index (κ3) is 19.5. The first-order chi connectivity index (χ1) is 48.1. The minimum Gasteiger partial charge on any atom is -0.748 e. The molecule has 0 spiro atoms. The molecule has 3 N–H and O–H groups in total. The fourth-order valence-electron chi connectivity index (χ4n) is 15.4. The van der Waals surface area contributed by atoms with Gasteiger partial charge in [-0.2, -0.15) is 26.0 Å². The number of rotatable bonds is 32. The van der Waals surface area contributed by atoms with Crippen molar-refractivity contribution in [3.8, 4) is 0 Å². The molecule has 5 aromatic carbocycles. The number of Topliss-reactive ketones (excluding diaryl/α,β-unsaturated/α-hetero) is 1. The van der Waals surface area contributed by atoms with Crippen LogP contribution in [0.4, 0.5) is 22.7 Å². The average Bonchev–Trinajstić information content (AvgIpc) is 1.60. The normalized spacial score (nSPS) is 18.4. The Hall–Kier alpha value is -7.60. The predicted molar refractivity (Wildman–Crippen MR) is 401 cm³/mol. The van der Waals surface area contributed by atoms with Crippen molar-refractivity contribution in [2.24, 2.45) is 0 Å². The average molecular weight is 1510 g/mol. The van der Waals surface area contributed by atoms with E-state index in [0.29, 0.717) is 55.6 Å². The van der Waals surface area contributed by atoms with Gasteiger partial charge in [-0.05, 0) is 175 Å². The Balaban J connectivity index is 0.00000327. The van der Waals surface area contributed by atoms with Crippen LogP contribution in [-0.4, -0.2) is 140 Å². The van der Waals surface area contributed by atoms with Crippen LogP contribution in [0.2, 0.25) is 0 Å². The summed E-state index contributed by atoms with van der Waals surface area (Å²) in [6.45, 7) is 22.4. The molecule has 4 heterocycles. The summed E-state index contributed by atoms with van der Waals surface area (Å²) in [6, 6.07) is 26.6. The number of ketones is 1. The van der Waals surface area contributed by atoms with Gasteiger partial charge in [0, 0.05) is 126 Å². The van der Waals surface area contributed by atoms with Gasteiger partial charge in [0.15, 0.2) is 11.4 Å². The zero-order chi connectivity index (χ0) is 75.8. The molecular formula is C76H95N5O17S5. The van der Waals surface area contributed by atoms with Gasteiger partial charge in [-0.25, -0.2) is 16.8 Å². The van der Waals surface area contributed by atoms with Crippen LogP contribution < -0.4 is 15.1 Å². The second-order valence-corrected chi connectivity index (χ2v) is 35.2. The molecule has 0 aromatic heterocycles. The minimum absolute atomic E-state index is 0.0126. The summed E-state index contributed by atoms with van der Waals surface area (Å²) in [5.74, 6) is -1.55. The fourth-order valence-corrected chi connectivity index (χ4v) is 17.4. The minimum atomic E-state index is -4.67. The van der Waals surface area contributed by atoms with Gasteiger partial charge in [-0.1, -0.05) is 93.8 Å². The molecule has 1 amide bonds. The highest BCUT2D eigenvalue weighted by molar-refractivity contribution is 7.86. The van der Waals surface area contributed by atoms with E-state index in [1.165, 1.54) is 28.8 Å². The van der Waals surface area contributed by atoms with Crippen LogP contribution in [0.15, 0.2) is 144 Å². The summed E-state index contributed by atoms with van der Waals surface area (Å²) in [5.41, 5.74) is 11.8. The van der Waals surface area contributed by atoms with E-state index >= 15 is 0 Å². The Bertz CT molecular complexity index is 4950. The molecular weight excluding hydrogens is 1420 g/mol. The Morgan fingerprint density at radius 2 is 1.17 bits per heavy atom. The molecule has 0 aliphatic carbocycles. The van der Waals surface area contributed by atoms with Crippen molar-refractivity contribution in [3.05, 3.63) is 178 Å². The van der Waals surface area contributed by atoms with Crippen LogP contribution in [0.5, 0.6) is 0 Å². The number of anilines is 2. The number of benzene rings is 5. The molecule has 5 aromatic rings. The van der Waals surface area contributed by atoms with Crippen molar-refractivity contribution in [1.29, 1.82) is 0 Å². The van der Waals surface area contributed by atoms with Crippen molar-refractivity contribution in [3.63, 3.8) is 0 Å². The van der Waals surface area contributed by atoms with Crippen molar-refractivity contribution >= 4 is 114 Å². The number of carbonyl (C=O) groups is 2. The molecule has 1 atom stereocenters. The van der Waals surface area contributed by atoms with E-state index in [2.05, 4.69) is 104 Å².